The zero-order valence-electron chi connectivity index (χ0n) is 12.6. The van der Waals surface area contributed by atoms with Crippen molar-refractivity contribution in [2.45, 2.75) is 27.2 Å². The molecule has 0 saturated carbocycles. The van der Waals surface area contributed by atoms with E-state index in [-0.39, 0.29) is 11.9 Å². The van der Waals surface area contributed by atoms with E-state index < -0.39 is 11.9 Å². The summed E-state index contributed by atoms with van der Waals surface area (Å²) in [4.78, 5) is 24.1. The van der Waals surface area contributed by atoms with E-state index in [4.69, 9.17) is 9.84 Å². The van der Waals surface area contributed by atoms with Gasteiger partial charge in [0.1, 0.15) is 0 Å². The summed E-state index contributed by atoms with van der Waals surface area (Å²) in [7, 11) is 0. The van der Waals surface area contributed by atoms with E-state index in [0.29, 0.717) is 32.2 Å². The monoisotopic (exact) mass is 286 g/mol. The Kier molecular flexibility index (Phi) is 6.78. The van der Waals surface area contributed by atoms with Gasteiger partial charge in [0, 0.05) is 32.2 Å². The quantitative estimate of drug-likeness (QED) is 0.661. The Bertz CT molecular complexity index is 327. The molecule has 0 radical (unpaired) electrons. The van der Waals surface area contributed by atoms with Crippen molar-refractivity contribution in [1.82, 2.24) is 10.2 Å². The highest BCUT2D eigenvalue weighted by atomic mass is 16.5. The van der Waals surface area contributed by atoms with Crippen LogP contribution in [-0.4, -0.2) is 54.9 Å². The van der Waals surface area contributed by atoms with E-state index in [9.17, 15) is 9.59 Å². The van der Waals surface area contributed by atoms with Crippen molar-refractivity contribution >= 4 is 12.0 Å². The Morgan fingerprint density at radius 1 is 1.30 bits per heavy atom. The third-order valence-corrected chi connectivity index (χ3v) is 3.66. The number of carbonyl (C=O) groups excluding carboxylic acids is 1. The van der Waals surface area contributed by atoms with Crippen LogP contribution in [0.2, 0.25) is 0 Å². The molecule has 0 aromatic rings. The number of amides is 2. The summed E-state index contributed by atoms with van der Waals surface area (Å²) in [5, 5.41) is 11.6. The first kappa shape index (κ1) is 16.8. The van der Waals surface area contributed by atoms with Gasteiger partial charge in [-0.05, 0) is 12.3 Å². The number of carboxylic acid groups (broad SMARTS) is 1. The molecule has 6 heteroatoms. The number of aliphatic carboxylic acids is 1. The Balaban J connectivity index is 2.04. The maximum absolute atomic E-state index is 11.7. The number of likely N-dealkylation sites (tertiary alicyclic amines) is 1. The summed E-state index contributed by atoms with van der Waals surface area (Å²) in [5.74, 6) is -0.494. The maximum Gasteiger partial charge on any atom is 0.317 e. The van der Waals surface area contributed by atoms with Crippen LogP contribution in [0.25, 0.3) is 0 Å². The van der Waals surface area contributed by atoms with Crippen molar-refractivity contribution in [2.75, 3.05) is 32.8 Å². The number of urea groups is 1. The van der Waals surface area contributed by atoms with E-state index in [1.807, 2.05) is 0 Å². The number of carbonyl (C=O) groups is 2. The number of carboxylic acids is 1. The van der Waals surface area contributed by atoms with Crippen molar-refractivity contribution in [1.29, 1.82) is 0 Å². The van der Waals surface area contributed by atoms with Crippen LogP contribution in [0.1, 0.15) is 27.2 Å². The van der Waals surface area contributed by atoms with Crippen molar-refractivity contribution < 1.29 is 19.4 Å². The molecule has 1 fully saturated rings. The number of rotatable bonds is 8. The fourth-order valence-corrected chi connectivity index (χ4v) is 1.96. The molecule has 0 aromatic carbocycles. The van der Waals surface area contributed by atoms with E-state index in [2.05, 4.69) is 19.2 Å². The molecule has 0 aliphatic carbocycles. The van der Waals surface area contributed by atoms with Gasteiger partial charge >= 0.3 is 12.0 Å². The van der Waals surface area contributed by atoms with Gasteiger partial charge in [-0.1, -0.05) is 20.8 Å². The van der Waals surface area contributed by atoms with Crippen LogP contribution >= 0.6 is 0 Å². The minimum atomic E-state index is -0.798. The van der Waals surface area contributed by atoms with Gasteiger partial charge in [-0.3, -0.25) is 4.79 Å². The van der Waals surface area contributed by atoms with Gasteiger partial charge in [0.2, 0.25) is 0 Å². The van der Waals surface area contributed by atoms with Crippen LogP contribution in [0.15, 0.2) is 0 Å². The fourth-order valence-electron chi connectivity index (χ4n) is 1.96. The van der Waals surface area contributed by atoms with Crippen molar-refractivity contribution in [3.63, 3.8) is 0 Å². The topological polar surface area (TPSA) is 78.9 Å². The van der Waals surface area contributed by atoms with Crippen molar-refractivity contribution in [3.05, 3.63) is 0 Å². The van der Waals surface area contributed by atoms with Gasteiger partial charge in [0.05, 0.1) is 12.5 Å². The second-order valence-corrected chi connectivity index (χ2v) is 5.82. The van der Waals surface area contributed by atoms with Crippen molar-refractivity contribution in [2.24, 2.45) is 17.8 Å². The van der Waals surface area contributed by atoms with Crippen LogP contribution in [0.4, 0.5) is 4.79 Å². The first-order valence-corrected chi connectivity index (χ1v) is 7.25. The Morgan fingerprint density at radius 2 is 1.95 bits per heavy atom. The number of nitrogens with one attached hydrogen (secondary N) is 1. The standard InChI is InChI=1S/C14H26N2O4/c1-10(2)4-6-20-7-5-15-14(19)16-8-12(9-16)11(3)13(17)18/h10-12H,4-9H2,1-3H3,(H,15,19)(H,17,18). The van der Waals surface area contributed by atoms with Crippen LogP contribution in [-0.2, 0) is 9.53 Å². The SMILES string of the molecule is CC(C)CCOCCNC(=O)N1CC(C(C)C(=O)O)C1. The second-order valence-electron chi connectivity index (χ2n) is 5.82. The normalized spacial score (nSPS) is 16.9. The van der Waals surface area contributed by atoms with Crippen LogP contribution in [0.5, 0.6) is 0 Å². The Labute approximate surface area is 120 Å². The van der Waals surface area contributed by atoms with Crippen LogP contribution < -0.4 is 5.32 Å². The highest BCUT2D eigenvalue weighted by molar-refractivity contribution is 5.76. The van der Waals surface area contributed by atoms with Crippen molar-refractivity contribution in [3.8, 4) is 0 Å². The van der Waals surface area contributed by atoms with Gasteiger partial charge in [-0.2, -0.15) is 0 Å². The molecule has 2 amide bonds. The average Bonchev–Trinajstić information content (AvgIpc) is 2.31. The summed E-state index contributed by atoms with van der Waals surface area (Å²) in [5.41, 5.74) is 0. The van der Waals surface area contributed by atoms with E-state index in [1.54, 1.807) is 11.8 Å². The molecule has 1 rings (SSSR count). The minimum absolute atomic E-state index is 0.0699. The zero-order chi connectivity index (χ0) is 15.1. The summed E-state index contributed by atoms with van der Waals surface area (Å²) in [6.07, 6.45) is 1.02. The van der Waals surface area contributed by atoms with E-state index in [0.717, 1.165) is 13.0 Å². The van der Waals surface area contributed by atoms with Gasteiger partial charge < -0.3 is 20.1 Å². The molecule has 1 aliphatic heterocycles. The van der Waals surface area contributed by atoms with E-state index >= 15 is 0 Å². The third-order valence-electron chi connectivity index (χ3n) is 3.66. The summed E-state index contributed by atoms with van der Waals surface area (Å²) < 4.78 is 5.41. The lowest BCUT2D eigenvalue weighted by Gasteiger charge is -2.41. The number of hydrogen-bond acceptors (Lipinski definition) is 3. The predicted molar refractivity (Wildman–Crippen MR) is 75.5 cm³/mol. The molecular weight excluding hydrogens is 260 g/mol. The Hall–Kier alpha value is -1.30. The van der Waals surface area contributed by atoms with Gasteiger partial charge in [0.15, 0.2) is 0 Å². The maximum atomic E-state index is 11.7. The Morgan fingerprint density at radius 3 is 2.50 bits per heavy atom. The van der Waals surface area contributed by atoms with Gasteiger partial charge in [-0.25, -0.2) is 4.79 Å². The highest BCUT2D eigenvalue weighted by Gasteiger charge is 2.36. The largest absolute Gasteiger partial charge is 0.481 e. The zero-order valence-corrected chi connectivity index (χ0v) is 12.6. The minimum Gasteiger partial charge on any atom is -0.481 e. The molecule has 1 unspecified atom stereocenters. The van der Waals surface area contributed by atoms with Crippen LogP contribution in [0.3, 0.4) is 0 Å². The molecule has 2 N–H and O–H groups in total. The molecule has 0 spiro atoms. The first-order chi connectivity index (χ1) is 9.41. The molecule has 0 aromatic heterocycles. The smallest absolute Gasteiger partial charge is 0.317 e. The van der Waals surface area contributed by atoms with Gasteiger partial charge in [-0.15, -0.1) is 0 Å². The summed E-state index contributed by atoms with van der Waals surface area (Å²) in [6, 6.07) is -0.133. The molecule has 1 atom stereocenters. The number of ether oxygens (including phenoxy) is 1. The molecule has 0 bridgehead atoms. The molecule has 1 heterocycles. The molecule has 6 nitrogen and oxygen atoms in total. The molecular formula is C14H26N2O4. The number of hydrogen-bond donors (Lipinski definition) is 2. The lowest BCUT2D eigenvalue weighted by atomic mass is 9.87. The van der Waals surface area contributed by atoms with Gasteiger partial charge in [0.25, 0.3) is 0 Å². The second kappa shape index (κ2) is 8.09. The molecule has 116 valence electrons. The summed E-state index contributed by atoms with van der Waals surface area (Å²) >= 11 is 0. The average molecular weight is 286 g/mol. The highest BCUT2D eigenvalue weighted by Crippen LogP contribution is 2.23. The molecule has 20 heavy (non-hydrogen) atoms. The predicted octanol–water partition coefficient (Wildman–Crippen LogP) is 1.41. The van der Waals surface area contributed by atoms with E-state index in [1.165, 1.54) is 0 Å². The fraction of sp³-hybridized carbons (Fsp3) is 0.857. The third kappa shape index (κ3) is 5.36. The lowest BCUT2D eigenvalue weighted by molar-refractivity contribution is -0.144. The molecule has 1 aliphatic rings. The lowest BCUT2D eigenvalue weighted by Crippen LogP contribution is -2.56. The van der Waals surface area contributed by atoms with Crippen LogP contribution in [0, 0.1) is 17.8 Å². The first-order valence-electron chi connectivity index (χ1n) is 7.25. The number of nitrogens with zero attached hydrogens (tertiary/aromatic N) is 1. The molecule has 1 saturated heterocycles. The summed E-state index contributed by atoms with van der Waals surface area (Å²) in [6.45, 7) is 8.74.